The molecular formula is C16H20N2O2. The minimum atomic E-state index is 0.360. The Bertz CT molecular complexity index is 567. The van der Waals surface area contributed by atoms with E-state index < -0.39 is 0 Å². The average molecular weight is 272 g/mol. The van der Waals surface area contributed by atoms with Crippen LogP contribution in [0.3, 0.4) is 0 Å². The Morgan fingerprint density at radius 3 is 1.95 bits per heavy atom. The molecular weight excluding hydrogens is 252 g/mol. The van der Waals surface area contributed by atoms with Gasteiger partial charge in [0.1, 0.15) is 17.2 Å². The number of rotatable bonds is 4. The van der Waals surface area contributed by atoms with Gasteiger partial charge in [-0.15, -0.1) is 5.10 Å². The van der Waals surface area contributed by atoms with E-state index in [1.54, 1.807) is 14.2 Å². The summed E-state index contributed by atoms with van der Waals surface area (Å²) in [5, 5.41) is 8.57. The second-order valence-corrected chi connectivity index (χ2v) is 5.04. The van der Waals surface area contributed by atoms with Crippen LogP contribution in [-0.2, 0) is 0 Å². The van der Waals surface area contributed by atoms with Gasteiger partial charge < -0.3 is 9.47 Å². The molecule has 0 unspecified atom stereocenters. The van der Waals surface area contributed by atoms with Crippen molar-refractivity contribution in [2.24, 2.45) is 0 Å². The average Bonchev–Trinajstić information content (AvgIpc) is 2.46. The molecule has 0 aliphatic heterocycles. The van der Waals surface area contributed by atoms with Crippen LogP contribution in [-0.4, -0.2) is 24.4 Å². The topological polar surface area (TPSA) is 44.2 Å². The van der Waals surface area contributed by atoms with Crippen molar-refractivity contribution in [1.82, 2.24) is 10.2 Å². The van der Waals surface area contributed by atoms with Gasteiger partial charge in [-0.25, -0.2) is 0 Å². The maximum absolute atomic E-state index is 5.45. The van der Waals surface area contributed by atoms with Crippen molar-refractivity contribution >= 4 is 0 Å². The number of ether oxygens (including phenoxy) is 2. The van der Waals surface area contributed by atoms with Crippen molar-refractivity contribution in [2.45, 2.75) is 26.7 Å². The first-order chi connectivity index (χ1) is 9.56. The molecule has 0 bridgehead atoms. The Labute approximate surface area is 119 Å². The molecule has 0 spiro atoms. The van der Waals surface area contributed by atoms with E-state index in [0.717, 1.165) is 34.0 Å². The molecule has 0 aliphatic rings. The van der Waals surface area contributed by atoms with Crippen LogP contribution >= 0.6 is 0 Å². The molecule has 106 valence electrons. The van der Waals surface area contributed by atoms with Crippen molar-refractivity contribution in [3.8, 4) is 22.8 Å². The van der Waals surface area contributed by atoms with Crippen molar-refractivity contribution in [3.05, 3.63) is 35.5 Å². The SMILES string of the molecule is COc1cc(C)cc(OC)c1-c1ccc(C(C)C)nn1. The largest absolute Gasteiger partial charge is 0.496 e. The maximum atomic E-state index is 5.45. The summed E-state index contributed by atoms with van der Waals surface area (Å²) < 4.78 is 10.9. The monoisotopic (exact) mass is 272 g/mol. The Morgan fingerprint density at radius 1 is 0.950 bits per heavy atom. The van der Waals surface area contributed by atoms with Crippen molar-refractivity contribution in [3.63, 3.8) is 0 Å². The highest BCUT2D eigenvalue weighted by molar-refractivity contribution is 5.74. The zero-order valence-corrected chi connectivity index (χ0v) is 12.6. The number of methoxy groups -OCH3 is 2. The van der Waals surface area contributed by atoms with E-state index in [1.165, 1.54) is 0 Å². The summed E-state index contributed by atoms with van der Waals surface area (Å²) in [6.07, 6.45) is 0. The van der Waals surface area contributed by atoms with Crippen molar-refractivity contribution in [2.75, 3.05) is 14.2 Å². The summed E-state index contributed by atoms with van der Waals surface area (Å²) in [5.41, 5.74) is 3.64. The summed E-state index contributed by atoms with van der Waals surface area (Å²) in [4.78, 5) is 0. The van der Waals surface area contributed by atoms with E-state index in [2.05, 4.69) is 24.0 Å². The summed E-state index contributed by atoms with van der Waals surface area (Å²) in [6, 6.07) is 7.88. The van der Waals surface area contributed by atoms with Crippen molar-refractivity contribution in [1.29, 1.82) is 0 Å². The van der Waals surface area contributed by atoms with Gasteiger partial charge in [0.25, 0.3) is 0 Å². The van der Waals surface area contributed by atoms with Gasteiger partial charge in [-0.1, -0.05) is 13.8 Å². The molecule has 0 saturated carbocycles. The second kappa shape index (κ2) is 5.90. The van der Waals surface area contributed by atoms with Gasteiger partial charge in [0.2, 0.25) is 0 Å². The molecule has 1 aromatic carbocycles. The van der Waals surface area contributed by atoms with Crippen molar-refractivity contribution < 1.29 is 9.47 Å². The normalized spacial score (nSPS) is 10.7. The summed E-state index contributed by atoms with van der Waals surface area (Å²) in [5.74, 6) is 1.85. The van der Waals surface area contributed by atoms with E-state index >= 15 is 0 Å². The summed E-state index contributed by atoms with van der Waals surface area (Å²) >= 11 is 0. The Balaban J connectivity index is 2.55. The smallest absolute Gasteiger partial charge is 0.132 e. The van der Waals surface area contributed by atoms with E-state index in [0.29, 0.717) is 5.92 Å². The molecule has 0 atom stereocenters. The van der Waals surface area contributed by atoms with Crippen LogP contribution in [0, 0.1) is 6.92 Å². The Hall–Kier alpha value is -2.10. The molecule has 0 radical (unpaired) electrons. The number of nitrogens with zero attached hydrogens (tertiary/aromatic N) is 2. The summed E-state index contributed by atoms with van der Waals surface area (Å²) in [7, 11) is 3.29. The Kier molecular flexibility index (Phi) is 4.23. The molecule has 20 heavy (non-hydrogen) atoms. The number of aryl methyl sites for hydroxylation is 1. The molecule has 0 aliphatic carbocycles. The molecule has 0 fully saturated rings. The van der Waals surface area contributed by atoms with Crippen LogP contribution in [0.25, 0.3) is 11.3 Å². The van der Waals surface area contributed by atoms with Gasteiger partial charge in [-0.2, -0.15) is 5.10 Å². The van der Waals surface area contributed by atoms with Gasteiger partial charge in [-0.05, 0) is 42.7 Å². The fourth-order valence-corrected chi connectivity index (χ4v) is 2.08. The van der Waals surface area contributed by atoms with E-state index in [-0.39, 0.29) is 0 Å². The third kappa shape index (κ3) is 2.74. The molecule has 1 aromatic heterocycles. The standard InChI is InChI=1S/C16H20N2O2/c1-10(2)12-6-7-13(18-17-12)16-14(19-4)8-11(3)9-15(16)20-5/h6-10H,1-5H3. The minimum Gasteiger partial charge on any atom is -0.496 e. The lowest BCUT2D eigenvalue weighted by atomic mass is 10.0. The second-order valence-electron chi connectivity index (χ2n) is 5.04. The first kappa shape index (κ1) is 14.3. The highest BCUT2D eigenvalue weighted by atomic mass is 16.5. The fourth-order valence-electron chi connectivity index (χ4n) is 2.08. The predicted octanol–water partition coefficient (Wildman–Crippen LogP) is 3.59. The third-order valence-corrected chi connectivity index (χ3v) is 3.18. The first-order valence-electron chi connectivity index (χ1n) is 6.63. The lowest BCUT2D eigenvalue weighted by molar-refractivity contribution is 0.396. The minimum absolute atomic E-state index is 0.360. The quantitative estimate of drug-likeness (QED) is 0.853. The van der Waals surface area contributed by atoms with Crippen LogP contribution in [0.5, 0.6) is 11.5 Å². The summed E-state index contributed by atoms with van der Waals surface area (Å²) in [6.45, 7) is 6.19. The number of hydrogen-bond acceptors (Lipinski definition) is 4. The highest BCUT2D eigenvalue weighted by Gasteiger charge is 2.15. The maximum Gasteiger partial charge on any atom is 0.132 e. The van der Waals surface area contributed by atoms with E-state index in [9.17, 15) is 0 Å². The van der Waals surface area contributed by atoms with Gasteiger partial charge >= 0.3 is 0 Å². The van der Waals surface area contributed by atoms with E-state index in [1.807, 2.05) is 31.2 Å². The van der Waals surface area contributed by atoms with Gasteiger partial charge in [-0.3, -0.25) is 0 Å². The highest BCUT2D eigenvalue weighted by Crippen LogP contribution is 2.38. The zero-order valence-electron chi connectivity index (χ0n) is 12.6. The lowest BCUT2D eigenvalue weighted by Crippen LogP contribution is -1.99. The predicted molar refractivity (Wildman–Crippen MR) is 79.4 cm³/mol. The van der Waals surface area contributed by atoms with Gasteiger partial charge in [0, 0.05) is 0 Å². The number of aromatic nitrogens is 2. The number of hydrogen-bond donors (Lipinski definition) is 0. The van der Waals surface area contributed by atoms with Gasteiger partial charge in [0.05, 0.1) is 25.5 Å². The van der Waals surface area contributed by atoms with Crippen LogP contribution in [0.1, 0.15) is 31.0 Å². The molecule has 4 nitrogen and oxygen atoms in total. The molecule has 2 rings (SSSR count). The first-order valence-corrected chi connectivity index (χ1v) is 6.63. The molecule has 4 heteroatoms. The molecule has 0 amide bonds. The molecule has 2 aromatic rings. The molecule has 0 saturated heterocycles. The van der Waals surface area contributed by atoms with Crippen LogP contribution < -0.4 is 9.47 Å². The molecule has 0 N–H and O–H groups in total. The van der Waals surface area contributed by atoms with E-state index in [4.69, 9.17) is 9.47 Å². The Morgan fingerprint density at radius 2 is 1.55 bits per heavy atom. The van der Waals surface area contributed by atoms with Crippen LogP contribution in [0.15, 0.2) is 24.3 Å². The van der Waals surface area contributed by atoms with Gasteiger partial charge in [0.15, 0.2) is 0 Å². The molecule has 1 heterocycles. The third-order valence-electron chi connectivity index (χ3n) is 3.18. The lowest BCUT2D eigenvalue weighted by Gasteiger charge is -2.14. The van der Waals surface area contributed by atoms with Crippen LogP contribution in [0.2, 0.25) is 0 Å². The zero-order chi connectivity index (χ0) is 14.7. The van der Waals surface area contributed by atoms with Crippen LogP contribution in [0.4, 0.5) is 0 Å². The number of benzene rings is 1. The fraction of sp³-hybridized carbons (Fsp3) is 0.375.